The van der Waals surface area contributed by atoms with Crippen molar-refractivity contribution in [2.24, 2.45) is 4.99 Å². The Hall–Kier alpha value is 0.800. The standard InChI is InChI=1S/C9H14BrNO2S3/c1-5(2)11-8-14-6-4-16(12,13)7(10)9(6,3)15-8/h5-7H,4H2,1-3H3/t6-,7-,9-/m0/s1. The van der Waals surface area contributed by atoms with Crippen molar-refractivity contribution in [1.29, 1.82) is 0 Å². The van der Waals surface area contributed by atoms with Crippen molar-refractivity contribution in [2.75, 3.05) is 5.75 Å². The average Bonchev–Trinajstić information content (AvgIpc) is 2.47. The fraction of sp³-hybridized carbons (Fsp3) is 0.889. The van der Waals surface area contributed by atoms with Crippen LogP contribution in [0.25, 0.3) is 0 Å². The van der Waals surface area contributed by atoms with Crippen LogP contribution in [0.2, 0.25) is 0 Å². The summed E-state index contributed by atoms with van der Waals surface area (Å²) in [5.41, 5.74) is 0. The van der Waals surface area contributed by atoms with Crippen molar-refractivity contribution < 1.29 is 8.42 Å². The van der Waals surface area contributed by atoms with Gasteiger partial charge in [-0.2, -0.15) is 0 Å². The topological polar surface area (TPSA) is 46.5 Å². The lowest BCUT2D eigenvalue weighted by Gasteiger charge is -2.22. The summed E-state index contributed by atoms with van der Waals surface area (Å²) in [6.07, 6.45) is 0. The number of sulfone groups is 1. The minimum absolute atomic E-state index is 0.129. The molecule has 2 fully saturated rings. The van der Waals surface area contributed by atoms with Gasteiger partial charge in [0.05, 0.1) is 10.5 Å². The number of halogens is 1. The zero-order chi connectivity index (χ0) is 12.1. The summed E-state index contributed by atoms with van der Waals surface area (Å²) in [6.45, 7) is 6.09. The highest BCUT2D eigenvalue weighted by molar-refractivity contribution is 9.11. The second-order valence-corrected chi connectivity index (χ2v) is 11.1. The number of alkyl halides is 1. The molecule has 16 heavy (non-hydrogen) atoms. The summed E-state index contributed by atoms with van der Waals surface area (Å²) < 4.78 is 23.9. The van der Waals surface area contributed by atoms with E-state index in [4.69, 9.17) is 0 Å². The molecule has 2 heterocycles. The molecule has 3 atom stereocenters. The van der Waals surface area contributed by atoms with Crippen LogP contribution in [-0.2, 0) is 9.84 Å². The van der Waals surface area contributed by atoms with Crippen molar-refractivity contribution >= 4 is 53.7 Å². The van der Waals surface area contributed by atoms with Gasteiger partial charge in [0, 0.05) is 11.3 Å². The molecule has 2 saturated heterocycles. The first-order chi connectivity index (χ1) is 7.25. The third-order valence-electron chi connectivity index (χ3n) is 2.70. The van der Waals surface area contributed by atoms with Gasteiger partial charge in [0.25, 0.3) is 0 Å². The molecule has 0 spiro atoms. The SMILES string of the molecule is CC(C)N=C1S[C@H]2CS(=O)(=O)[C@H](Br)[C@@]2(C)S1. The van der Waals surface area contributed by atoms with Gasteiger partial charge >= 0.3 is 0 Å². The Labute approximate surface area is 113 Å². The molecule has 0 aromatic rings. The summed E-state index contributed by atoms with van der Waals surface area (Å²) in [5, 5.41) is 0.129. The fourth-order valence-corrected chi connectivity index (χ4v) is 9.69. The second kappa shape index (κ2) is 4.17. The van der Waals surface area contributed by atoms with Crippen LogP contribution in [0.5, 0.6) is 0 Å². The fourth-order valence-electron chi connectivity index (χ4n) is 1.83. The lowest BCUT2D eigenvalue weighted by atomic mass is 10.1. The molecule has 2 aliphatic heterocycles. The third kappa shape index (κ3) is 2.08. The van der Waals surface area contributed by atoms with Crippen molar-refractivity contribution in [1.82, 2.24) is 0 Å². The monoisotopic (exact) mass is 343 g/mol. The van der Waals surface area contributed by atoms with Crippen LogP contribution in [-0.4, -0.2) is 38.7 Å². The highest BCUT2D eigenvalue weighted by Gasteiger charge is 2.60. The molecular weight excluding hydrogens is 330 g/mol. The molecule has 92 valence electrons. The van der Waals surface area contributed by atoms with E-state index in [1.54, 1.807) is 23.5 Å². The quantitative estimate of drug-likeness (QED) is 0.686. The third-order valence-corrected chi connectivity index (χ3v) is 11.1. The van der Waals surface area contributed by atoms with Gasteiger partial charge in [0.2, 0.25) is 0 Å². The van der Waals surface area contributed by atoms with Crippen LogP contribution in [0.1, 0.15) is 20.8 Å². The molecule has 0 aromatic heterocycles. The molecule has 7 heteroatoms. The van der Waals surface area contributed by atoms with Gasteiger partial charge in [0.1, 0.15) is 8.53 Å². The van der Waals surface area contributed by atoms with Crippen molar-refractivity contribution in [3.63, 3.8) is 0 Å². The molecule has 0 N–H and O–H groups in total. The molecule has 3 nitrogen and oxygen atoms in total. The van der Waals surface area contributed by atoms with Crippen molar-refractivity contribution in [2.45, 2.75) is 41.0 Å². The van der Waals surface area contributed by atoms with Gasteiger partial charge in [-0.1, -0.05) is 39.5 Å². The van der Waals surface area contributed by atoms with Crippen LogP contribution in [0.15, 0.2) is 4.99 Å². The van der Waals surface area contributed by atoms with Gasteiger partial charge in [-0.3, -0.25) is 4.99 Å². The summed E-state index contributed by atoms with van der Waals surface area (Å²) >= 11 is 6.57. The molecule has 2 rings (SSSR count). The van der Waals surface area contributed by atoms with Gasteiger partial charge in [-0.15, -0.1) is 0 Å². The first-order valence-corrected chi connectivity index (χ1v) is 9.37. The van der Waals surface area contributed by atoms with E-state index < -0.39 is 14.0 Å². The van der Waals surface area contributed by atoms with Crippen LogP contribution < -0.4 is 0 Å². The number of hydrogen-bond acceptors (Lipinski definition) is 5. The maximum absolute atomic E-state index is 11.8. The summed E-state index contributed by atoms with van der Waals surface area (Å²) in [7, 11) is -2.97. The Morgan fingerprint density at radius 3 is 2.69 bits per heavy atom. The predicted octanol–water partition coefficient (Wildman–Crippen LogP) is 2.51. The van der Waals surface area contributed by atoms with E-state index >= 15 is 0 Å². The van der Waals surface area contributed by atoms with Crippen LogP contribution >= 0.6 is 39.5 Å². The highest BCUT2D eigenvalue weighted by atomic mass is 79.9. The minimum atomic E-state index is -2.97. The molecule has 0 amide bonds. The van der Waals surface area contributed by atoms with Gasteiger partial charge < -0.3 is 0 Å². The maximum Gasteiger partial charge on any atom is 0.165 e. The van der Waals surface area contributed by atoms with Crippen molar-refractivity contribution in [3.8, 4) is 0 Å². The molecular formula is C9H14BrNO2S3. The Morgan fingerprint density at radius 1 is 1.56 bits per heavy atom. The molecule has 0 saturated carbocycles. The largest absolute Gasteiger partial charge is 0.269 e. The Morgan fingerprint density at radius 2 is 2.19 bits per heavy atom. The average molecular weight is 344 g/mol. The number of aliphatic imine (C=N–C) groups is 1. The van der Waals surface area contributed by atoms with Gasteiger partial charge in [-0.05, 0) is 20.8 Å². The van der Waals surface area contributed by atoms with E-state index in [2.05, 4.69) is 20.9 Å². The van der Waals surface area contributed by atoms with E-state index in [9.17, 15) is 8.42 Å². The first-order valence-electron chi connectivity index (χ1n) is 5.05. The zero-order valence-electron chi connectivity index (χ0n) is 9.31. The predicted molar refractivity (Wildman–Crippen MR) is 76.4 cm³/mol. The molecule has 0 unspecified atom stereocenters. The van der Waals surface area contributed by atoms with Crippen LogP contribution in [0, 0.1) is 0 Å². The summed E-state index contributed by atoms with van der Waals surface area (Å²) in [6, 6.07) is 0.266. The van der Waals surface area contributed by atoms with Gasteiger partial charge in [0.15, 0.2) is 9.84 Å². The zero-order valence-corrected chi connectivity index (χ0v) is 13.3. The smallest absolute Gasteiger partial charge is 0.165 e. The lowest BCUT2D eigenvalue weighted by molar-refractivity contribution is 0.599. The number of rotatable bonds is 1. The molecule has 2 aliphatic rings. The normalized spacial score (nSPS) is 44.2. The molecule has 0 bridgehead atoms. The van der Waals surface area contributed by atoms with Crippen LogP contribution in [0.3, 0.4) is 0 Å². The number of hydrogen-bond donors (Lipinski definition) is 0. The van der Waals surface area contributed by atoms with E-state index in [0.29, 0.717) is 0 Å². The van der Waals surface area contributed by atoms with E-state index in [-0.39, 0.29) is 21.8 Å². The number of fused-ring (bicyclic) bond motifs is 1. The first kappa shape index (κ1) is 13.2. The van der Waals surface area contributed by atoms with Crippen LogP contribution in [0.4, 0.5) is 0 Å². The summed E-state index contributed by atoms with van der Waals surface area (Å²) in [5.74, 6) is 0.258. The number of nitrogens with zero attached hydrogens (tertiary/aromatic N) is 1. The molecule has 0 radical (unpaired) electrons. The Kier molecular flexibility index (Phi) is 3.45. The lowest BCUT2D eigenvalue weighted by Crippen LogP contribution is -2.33. The van der Waals surface area contributed by atoms with Gasteiger partial charge in [-0.25, -0.2) is 8.42 Å². The van der Waals surface area contributed by atoms with E-state index in [0.717, 1.165) is 4.38 Å². The highest BCUT2D eigenvalue weighted by Crippen LogP contribution is 2.57. The van der Waals surface area contributed by atoms with E-state index in [1.807, 2.05) is 20.8 Å². The summed E-state index contributed by atoms with van der Waals surface area (Å²) in [4.78, 5) is 4.51. The molecule has 0 aliphatic carbocycles. The van der Waals surface area contributed by atoms with Crippen molar-refractivity contribution in [3.05, 3.63) is 0 Å². The Balaban J connectivity index is 2.28. The Bertz CT molecular complexity index is 434. The number of thioether (sulfide) groups is 2. The maximum atomic E-state index is 11.8. The molecule has 0 aromatic carbocycles. The van der Waals surface area contributed by atoms with E-state index in [1.165, 1.54) is 0 Å². The minimum Gasteiger partial charge on any atom is -0.269 e. The second-order valence-electron chi connectivity index (χ2n) is 4.53.